The molecule has 1 amide bonds. The van der Waals surface area contributed by atoms with E-state index in [1.165, 1.54) is 4.31 Å². The van der Waals surface area contributed by atoms with E-state index in [0.717, 1.165) is 11.1 Å². The van der Waals surface area contributed by atoms with Crippen LogP contribution in [0.15, 0.2) is 47.4 Å². The SMILES string of the molecule is COc1ccc(N(CCC(=O)NC(C)C(C)C)S(=O)(=O)c2ccc(C)c(C)c2)cc1. The first kappa shape index (κ1) is 23.7. The summed E-state index contributed by atoms with van der Waals surface area (Å²) in [5.41, 5.74) is 2.40. The second-order valence-electron chi connectivity index (χ2n) is 7.87. The Bertz CT molecular complexity index is 969. The minimum Gasteiger partial charge on any atom is -0.497 e. The quantitative estimate of drug-likeness (QED) is 0.648. The predicted octanol–water partition coefficient (Wildman–Crippen LogP) is 4.06. The van der Waals surface area contributed by atoms with Crippen molar-refractivity contribution in [2.45, 2.75) is 52.0 Å². The zero-order chi connectivity index (χ0) is 22.5. The molecular weight excluding hydrogens is 400 g/mol. The van der Waals surface area contributed by atoms with E-state index in [1.54, 1.807) is 49.6 Å². The highest BCUT2D eigenvalue weighted by molar-refractivity contribution is 7.92. The molecule has 2 rings (SSSR count). The van der Waals surface area contributed by atoms with Gasteiger partial charge in [-0.2, -0.15) is 0 Å². The maximum atomic E-state index is 13.5. The number of hydrogen-bond donors (Lipinski definition) is 1. The van der Waals surface area contributed by atoms with Gasteiger partial charge in [0.25, 0.3) is 10.0 Å². The highest BCUT2D eigenvalue weighted by Crippen LogP contribution is 2.27. The largest absolute Gasteiger partial charge is 0.497 e. The number of nitrogens with zero attached hydrogens (tertiary/aromatic N) is 1. The molecule has 1 unspecified atom stereocenters. The summed E-state index contributed by atoms with van der Waals surface area (Å²) in [5.74, 6) is 0.752. The van der Waals surface area contributed by atoms with Crippen molar-refractivity contribution >= 4 is 21.6 Å². The van der Waals surface area contributed by atoms with Gasteiger partial charge in [0.2, 0.25) is 5.91 Å². The number of carbonyl (C=O) groups excluding carboxylic acids is 1. The number of sulfonamides is 1. The molecule has 0 spiro atoms. The average Bonchev–Trinajstić information content (AvgIpc) is 2.70. The maximum absolute atomic E-state index is 13.5. The molecule has 2 aromatic rings. The highest BCUT2D eigenvalue weighted by atomic mass is 32.2. The standard InChI is InChI=1S/C23H32N2O4S/c1-16(2)19(5)24-23(26)13-14-25(20-8-10-21(29-6)11-9-20)30(27,28)22-12-7-17(3)18(4)15-22/h7-12,15-16,19H,13-14H2,1-6H3,(H,24,26). The second kappa shape index (κ2) is 9.98. The Labute approximate surface area is 180 Å². The molecule has 0 aliphatic heterocycles. The monoisotopic (exact) mass is 432 g/mol. The molecule has 2 aromatic carbocycles. The van der Waals surface area contributed by atoms with Gasteiger partial charge in [0.1, 0.15) is 5.75 Å². The van der Waals surface area contributed by atoms with Crippen molar-refractivity contribution in [3.05, 3.63) is 53.6 Å². The Balaban J connectivity index is 2.35. The van der Waals surface area contributed by atoms with E-state index in [-0.39, 0.29) is 29.8 Å². The predicted molar refractivity (Wildman–Crippen MR) is 121 cm³/mol. The van der Waals surface area contributed by atoms with Gasteiger partial charge >= 0.3 is 0 Å². The van der Waals surface area contributed by atoms with Gasteiger partial charge in [-0.15, -0.1) is 0 Å². The van der Waals surface area contributed by atoms with E-state index in [2.05, 4.69) is 5.32 Å². The molecule has 0 aromatic heterocycles. The number of benzene rings is 2. The number of rotatable bonds is 9. The van der Waals surface area contributed by atoms with Crippen LogP contribution in [0.1, 0.15) is 38.3 Å². The van der Waals surface area contributed by atoms with E-state index in [0.29, 0.717) is 17.4 Å². The first-order valence-corrected chi connectivity index (χ1v) is 11.5. The van der Waals surface area contributed by atoms with Crippen molar-refractivity contribution in [1.29, 1.82) is 0 Å². The van der Waals surface area contributed by atoms with Gasteiger partial charge in [0.15, 0.2) is 0 Å². The Morgan fingerprint density at radius 1 is 1.03 bits per heavy atom. The van der Waals surface area contributed by atoms with E-state index in [4.69, 9.17) is 4.74 Å². The summed E-state index contributed by atoms with van der Waals surface area (Å²) >= 11 is 0. The van der Waals surface area contributed by atoms with E-state index in [9.17, 15) is 13.2 Å². The Hall–Kier alpha value is -2.54. The summed E-state index contributed by atoms with van der Waals surface area (Å²) < 4.78 is 33.4. The lowest BCUT2D eigenvalue weighted by molar-refractivity contribution is -0.121. The van der Waals surface area contributed by atoms with Gasteiger partial charge in [-0.05, 0) is 74.2 Å². The van der Waals surface area contributed by atoms with Crippen LogP contribution in [-0.2, 0) is 14.8 Å². The Kier molecular flexibility index (Phi) is 7.89. The lowest BCUT2D eigenvalue weighted by Gasteiger charge is -2.25. The van der Waals surface area contributed by atoms with Crippen LogP contribution in [0, 0.1) is 19.8 Å². The summed E-state index contributed by atoms with van der Waals surface area (Å²) in [7, 11) is -2.29. The van der Waals surface area contributed by atoms with Crippen LogP contribution in [0.2, 0.25) is 0 Å². The lowest BCUT2D eigenvalue weighted by atomic mass is 10.1. The zero-order valence-corrected chi connectivity index (χ0v) is 19.4. The molecular formula is C23H32N2O4S. The summed E-state index contributed by atoms with van der Waals surface area (Å²) in [6.45, 7) is 9.85. The minimum atomic E-state index is -3.84. The highest BCUT2D eigenvalue weighted by Gasteiger charge is 2.26. The number of hydrogen-bond acceptors (Lipinski definition) is 4. The lowest BCUT2D eigenvalue weighted by Crippen LogP contribution is -2.39. The summed E-state index contributed by atoms with van der Waals surface area (Å²) in [6, 6.07) is 11.9. The van der Waals surface area contributed by atoms with Crippen molar-refractivity contribution in [1.82, 2.24) is 5.32 Å². The van der Waals surface area contributed by atoms with Gasteiger partial charge in [-0.3, -0.25) is 9.10 Å². The van der Waals surface area contributed by atoms with Crippen molar-refractivity contribution < 1.29 is 17.9 Å². The van der Waals surface area contributed by atoms with Gasteiger partial charge in [0, 0.05) is 19.0 Å². The normalized spacial score (nSPS) is 12.5. The second-order valence-corrected chi connectivity index (χ2v) is 9.73. The molecule has 1 atom stereocenters. The number of methoxy groups -OCH3 is 1. The molecule has 0 radical (unpaired) electrons. The van der Waals surface area contributed by atoms with Crippen LogP contribution in [0.5, 0.6) is 5.75 Å². The molecule has 0 bridgehead atoms. The number of anilines is 1. The van der Waals surface area contributed by atoms with Gasteiger partial charge < -0.3 is 10.1 Å². The molecule has 30 heavy (non-hydrogen) atoms. The van der Waals surface area contributed by atoms with Crippen molar-refractivity contribution in [3.63, 3.8) is 0 Å². The van der Waals surface area contributed by atoms with E-state index < -0.39 is 10.0 Å². The summed E-state index contributed by atoms with van der Waals surface area (Å²) in [5, 5.41) is 2.93. The zero-order valence-electron chi connectivity index (χ0n) is 18.6. The van der Waals surface area contributed by atoms with Crippen LogP contribution in [0.25, 0.3) is 0 Å². The fraction of sp³-hybridized carbons (Fsp3) is 0.435. The third-order valence-corrected chi connectivity index (χ3v) is 7.18. The maximum Gasteiger partial charge on any atom is 0.264 e. The molecule has 0 saturated heterocycles. The first-order chi connectivity index (χ1) is 14.1. The summed E-state index contributed by atoms with van der Waals surface area (Å²) in [6.07, 6.45) is 0.0627. The number of amides is 1. The van der Waals surface area contributed by atoms with Crippen LogP contribution in [0.3, 0.4) is 0 Å². The third-order valence-electron chi connectivity index (χ3n) is 5.36. The summed E-state index contributed by atoms with van der Waals surface area (Å²) in [4.78, 5) is 12.6. The molecule has 0 aliphatic rings. The van der Waals surface area contributed by atoms with Crippen LogP contribution in [-0.4, -0.2) is 34.0 Å². The molecule has 1 N–H and O–H groups in total. The topological polar surface area (TPSA) is 75.7 Å². The molecule has 0 fully saturated rings. The smallest absolute Gasteiger partial charge is 0.264 e. The van der Waals surface area contributed by atoms with Crippen molar-refractivity contribution in [2.24, 2.45) is 5.92 Å². The van der Waals surface area contributed by atoms with Crippen molar-refractivity contribution in [3.8, 4) is 5.75 Å². The third kappa shape index (κ3) is 5.75. The molecule has 0 aliphatic carbocycles. The Morgan fingerprint density at radius 2 is 1.67 bits per heavy atom. The van der Waals surface area contributed by atoms with Gasteiger partial charge in [-0.1, -0.05) is 19.9 Å². The number of ether oxygens (including phenoxy) is 1. The molecule has 6 nitrogen and oxygen atoms in total. The van der Waals surface area contributed by atoms with E-state index >= 15 is 0 Å². The fourth-order valence-corrected chi connectivity index (χ4v) is 4.39. The molecule has 164 valence electrons. The first-order valence-electron chi connectivity index (χ1n) is 10.1. The van der Waals surface area contributed by atoms with E-state index in [1.807, 2.05) is 34.6 Å². The van der Waals surface area contributed by atoms with Gasteiger partial charge in [0.05, 0.1) is 17.7 Å². The Morgan fingerprint density at radius 3 is 2.20 bits per heavy atom. The number of aryl methyl sites for hydroxylation is 2. The average molecular weight is 433 g/mol. The van der Waals surface area contributed by atoms with Gasteiger partial charge in [-0.25, -0.2) is 8.42 Å². The molecule has 0 saturated carbocycles. The van der Waals surface area contributed by atoms with Crippen LogP contribution >= 0.6 is 0 Å². The number of carbonyl (C=O) groups is 1. The van der Waals surface area contributed by atoms with Crippen LogP contribution < -0.4 is 14.4 Å². The fourth-order valence-electron chi connectivity index (χ4n) is 2.83. The number of nitrogens with one attached hydrogen (secondary N) is 1. The molecule has 0 heterocycles. The van der Waals surface area contributed by atoms with Crippen LogP contribution in [0.4, 0.5) is 5.69 Å². The minimum absolute atomic E-state index is 0.0169. The molecule has 7 heteroatoms. The van der Waals surface area contributed by atoms with Crippen molar-refractivity contribution in [2.75, 3.05) is 18.0 Å².